The fourth-order valence-corrected chi connectivity index (χ4v) is 4.07. The van der Waals surface area contributed by atoms with E-state index < -0.39 is 41.8 Å². The Bertz CT molecular complexity index is 2010. The molecule has 0 aromatic heterocycles. The fourth-order valence-electron chi connectivity index (χ4n) is 4.07. The van der Waals surface area contributed by atoms with Gasteiger partial charge in [-0.3, -0.25) is 0 Å². The van der Waals surface area contributed by atoms with Gasteiger partial charge in [0.25, 0.3) is 0 Å². The van der Waals surface area contributed by atoms with Crippen molar-refractivity contribution in [2.45, 2.75) is 0 Å². The van der Waals surface area contributed by atoms with Crippen LogP contribution < -0.4 is 384 Å². The fraction of sp³-hybridized carbons (Fsp3) is 0. The summed E-state index contributed by atoms with van der Waals surface area (Å²) in [6.07, 6.45) is 0. The van der Waals surface area contributed by atoms with E-state index in [4.69, 9.17) is 35.7 Å². The summed E-state index contributed by atoms with van der Waals surface area (Å²) >= 11 is 0. The number of aromatic carboxylic acids is 7. The van der Waals surface area contributed by atoms with Crippen LogP contribution in [0.25, 0.3) is 0 Å². The van der Waals surface area contributed by atoms with Gasteiger partial charge >= 0.3 is 426 Å². The largest absolute Gasteiger partial charge is 1.00 e. The number of carboxylic acids is 7. The maximum Gasteiger partial charge on any atom is 1.00 e. The van der Waals surface area contributed by atoms with Crippen molar-refractivity contribution in [1.29, 1.82) is 0 Å². The molecule has 0 spiro atoms. The minimum Gasteiger partial charge on any atom is -1.00 e. The van der Waals surface area contributed by atoms with E-state index in [0.29, 0.717) is 38.9 Å². The van der Waals surface area contributed by atoms with Gasteiger partial charge in [-0.15, -0.1) is 0 Å². The molecule has 0 aliphatic rings. The van der Waals surface area contributed by atoms with E-state index >= 15 is 0 Å². The average molecular weight is 1170 g/mol. The number of carbonyl (C=O) groups is 7. The van der Waals surface area contributed by atoms with Gasteiger partial charge in [-0.2, -0.15) is 0 Å². The molecule has 0 heterocycles. The third-order valence-electron chi connectivity index (χ3n) is 7.15. The molecule has 7 N–H and O–H groups in total. The van der Waals surface area contributed by atoms with Crippen molar-refractivity contribution in [3.8, 4) is 0 Å². The van der Waals surface area contributed by atoms with E-state index in [2.05, 4.69) is 0 Å². The molecule has 7 rings (SSSR count). The minimum absolute atomic E-state index is 0. The quantitative estimate of drug-likeness (QED) is 0.0733. The first-order valence-corrected chi connectivity index (χ1v) is 18.1. The first-order chi connectivity index (χ1) is 30.1. The van der Waals surface area contributed by atoms with Crippen molar-refractivity contribution in [2.75, 3.05) is 0 Å². The maximum absolute atomic E-state index is 10.2. The Kier molecular flexibility index (Phi) is 107. The van der Waals surface area contributed by atoms with Gasteiger partial charge < -0.3 is 54.3 Å². The van der Waals surface area contributed by atoms with Gasteiger partial charge in [0, 0.05) is 0 Å². The number of benzene rings is 7. The van der Waals surface area contributed by atoms with Crippen LogP contribution in [0.4, 0.5) is 0 Å². The molecule has 0 radical (unpaired) electrons. The van der Waals surface area contributed by atoms with Crippen molar-refractivity contribution < 1.29 is 472 Å². The zero-order valence-electron chi connectivity index (χ0n) is 59.2. The summed E-state index contributed by atoms with van der Waals surface area (Å²) in [7, 11) is 0. The number of carboxylic acid groups (broad SMARTS) is 7. The number of hydrogen-bond acceptors (Lipinski definition) is 7. The summed E-state index contributed by atoms with van der Waals surface area (Å²) in [6, 6.07) is 58.1. The molecule has 27 heteroatoms. The van der Waals surface area contributed by atoms with E-state index in [0.717, 1.165) is 0 Å². The van der Waals surface area contributed by atoms with Gasteiger partial charge in [0.2, 0.25) is 0 Å². The first-order valence-electron chi connectivity index (χ1n) is 18.1. The van der Waals surface area contributed by atoms with Crippen LogP contribution in [0.15, 0.2) is 212 Å². The van der Waals surface area contributed by atoms with Crippen LogP contribution in [0.2, 0.25) is 0 Å². The normalized spacial score (nSPS) is 7.37. The molecule has 0 fully saturated rings. The molecule has 0 aliphatic carbocycles. The van der Waals surface area contributed by atoms with Crippen molar-refractivity contribution in [3.63, 3.8) is 0 Å². The second-order valence-electron chi connectivity index (χ2n) is 11.7. The third-order valence-corrected chi connectivity index (χ3v) is 7.15. The minimum atomic E-state index is -0.879. The first kappa shape index (κ1) is 111. The van der Waals surface area contributed by atoms with E-state index in [1.165, 1.54) is 0 Å². The second kappa shape index (κ2) is 73.1. The molecule has 76 heavy (non-hydrogen) atoms. The van der Waals surface area contributed by atoms with Crippen molar-refractivity contribution in [1.82, 2.24) is 0 Å². The molecule has 0 bridgehead atoms. The summed E-state index contributed by atoms with van der Waals surface area (Å²) in [5.74, 6) is -6.15. The van der Waals surface area contributed by atoms with Crippen molar-refractivity contribution in [3.05, 3.63) is 251 Å². The van der Waals surface area contributed by atoms with E-state index in [-0.39, 0.29) is 403 Å². The smallest absolute Gasteiger partial charge is 1.00 e. The summed E-state index contributed by atoms with van der Waals surface area (Å²) in [5.41, 5.74) is 2.32. The molecular weight excluding hydrogens is 1110 g/mol. The zero-order valence-corrected chi connectivity index (χ0v) is 72.2. The van der Waals surface area contributed by atoms with Crippen LogP contribution >= 0.6 is 0 Å². The standard InChI is InChI=1S/7C7H6O2.13Na.13H/c7*8-7(9)6-4-2-1-3-5-6;;;;;;;;;;;;;;;;;;;;;;;;;;/h7*1-5H,(H,8,9);;;;;;;;;;;;;;;;;;;;;;;;;;/q;;;;;;;13*+1;13*-1. The summed E-state index contributed by atoms with van der Waals surface area (Å²) < 4.78 is 0. The molecule has 0 unspecified atom stereocenters. The molecule has 0 aliphatic heterocycles. The van der Waals surface area contributed by atoms with Gasteiger partial charge in [-0.25, -0.2) is 33.6 Å². The molecule has 0 amide bonds. The second-order valence-corrected chi connectivity index (χ2v) is 11.7. The molecular formula is C49H55Na13O14. The molecule has 14 nitrogen and oxygen atoms in total. The van der Waals surface area contributed by atoms with Gasteiger partial charge in [-0.1, -0.05) is 127 Å². The van der Waals surface area contributed by atoms with Crippen molar-refractivity contribution in [2.24, 2.45) is 0 Å². The molecule has 348 valence electrons. The molecule has 0 atom stereocenters. The van der Waals surface area contributed by atoms with Crippen LogP contribution in [-0.4, -0.2) is 77.5 Å². The monoisotopic (exact) mass is 1170 g/mol. The van der Waals surface area contributed by atoms with E-state index in [1.807, 2.05) is 0 Å². The Morgan fingerprint density at radius 3 is 0.276 bits per heavy atom. The molecule has 0 saturated heterocycles. The third kappa shape index (κ3) is 59.6. The summed E-state index contributed by atoms with van der Waals surface area (Å²) in [6.45, 7) is 0. The van der Waals surface area contributed by atoms with Gasteiger partial charge in [0.1, 0.15) is 0 Å². The van der Waals surface area contributed by atoms with Crippen LogP contribution in [0.3, 0.4) is 0 Å². The molecule has 0 saturated carbocycles. The predicted octanol–water partition coefficient (Wildman–Crippen LogP) is -27.8. The zero-order chi connectivity index (χ0) is 46.8. The summed E-state index contributed by atoms with van der Waals surface area (Å²) in [4.78, 5) is 71.4. The van der Waals surface area contributed by atoms with Crippen molar-refractivity contribution >= 4 is 41.8 Å². The van der Waals surface area contributed by atoms with E-state index in [1.54, 1.807) is 212 Å². The Morgan fingerprint density at radius 1 is 0.171 bits per heavy atom. The Hall–Kier alpha value is 3.83. The summed E-state index contributed by atoms with van der Waals surface area (Å²) in [5, 5.41) is 58.7. The van der Waals surface area contributed by atoms with E-state index in [9.17, 15) is 33.6 Å². The Morgan fingerprint density at radius 2 is 0.237 bits per heavy atom. The molecule has 7 aromatic rings. The van der Waals surface area contributed by atoms with Crippen LogP contribution in [-0.2, 0) is 0 Å². The Labute approximate surface area is 750 Å². The number of rotatable bonds is 7. The number of hydrogen-bond donors (Lipinski definition) is 7. The average Bonchev–Trinajstić information content (AvgIpc) is 3.32. The van der Waals surface area contributed by atoms with Crippen LogP contribution in [0.1, 0.15) is 91.1 Å². The van der Waals surface area contributed by atoms with Gasteiger partial charge in [0.15, 0.2) is 0 Å². The van der Waals surface area contributed by atoms with Crippen LogP contribution in [0.5, 0.6) is 0 Å². The predicted molar refractivity (Wildman–Crippen MR) is 248 cm³/mol. The topological polar surface area (TPSA) is 261 Å². The Balaban J connectivity index is -0.0000000207. The van der Waals surface area contributed by atoms with Gasteiger partial charge in [-0.05, 0) is 84.9 Å². The molecule has 7 aromatic carbocycles. The van der Waals surface area contributed by atoms with Crippen LogP contribution in [0, 0.1) is 0 Å². The van der Waals surface area contributed by atoms with Gasteiger partial charge in [0.05, 0.1) is 38.9 Å². The SMILES string of the molecule is O=C(O)c1ccccc1.O=C(O)c1ccccc1.O=C(O)c1ccccc1.O=C(O)c1ccccc1.O=C(O)c1ccccc1.O=C(O)c1ccccc1.O=C(O)c1ccccc1.[H-].[H-].[H-].[H-].[H-].[H-].[H-].[H-].[H-].[H-].[H-].[H-].[H-].[Na+].[Na+].[Na+].[Na+].[Na+].[Na+].[Na+].[Na+].[Na+].[Na+].[Na+].[Na+].[Na+]. The maximum atomic E-state index is 10.2.